The van der Waals surface area contributed by atoms with Gasteiger partial charge in [0.2, 0.25) is 0 Å². The standard InChI is InChI=1S/C28H22BrN3O4/c1-18-6-4-9-20(14-18)28(35)36-25-13-12-22(29)15-21(25)16-31-32-26(33)17-30-27(34)24-11-5-8-19-7-2-3-10-23(19)24/h2-16H,17H2,1H3,(H,30,34)(H,32,33)/b31-16-. The lowest BCUT2D eigenvalue weighted by molar-refractivity contribution is -0.120. The molecule has 0 unspecified atom stereocenters. The van der Waals surface area contributed by atoms with Gasteiger partial charge < -0.3 is 10.1 Å². The van der Waals surface area contributed by atoms with Crippen LogP contribution in [0.4, 0.5) is 0 Å². The summed E-state index contributed by atoms with van der Waals surface area (Å²) in [5.74, 6) is -1.08. The summed E-state index contributed by atoms with van der Waals surface area (Å²) in [6.45, 7) is 1.63. The monoisotopic (exact) mass is 543 g/mol. The number of halogens is 1. The molecule has 0 aliphatic carbocycles. The van der Waals surface area contributed by atoms with Crippen LogP contribution in [0.25, 0.3) is 10.8 Å². The number of benzene rings is 4. The molecule has 0 saturated carbocycles. The van der Waals surface area contributed by atoms with Gasteiger partial charge >= 0.3 is 5.97 Å². The van der Waals surface area contributed by atoms with Gasteiger partial charge in [-0.1, -0.05) is 70.0 Å². The molecule has 0 heterocycles. The molecule has 0 bridgehead atoms. The van der Waals surface area contributed by atoms with Crippen LogP contribution in [0, 0.1) is 6.92 Å². The van der Waals surface area contributed by atoms with Gasteiger partial charge in [-0.2, -0.15) is 5.10 Å². The highest BCUT2D eigenvalue weighted by Gasteiger charge is 2.13. The number of hydrazone groups is 1. The molecule has 4 aromatic rings. The Hall–Kier alpha value is -4.30. The van der Waals surface area contributed by atoms with Crippen molar-refractivity contribution >= 4 is 50.7 Å². The van der Waals surface area contributed by atoms with Crippen molar-refractivity contribution in [1.29, 1.82) is 0 Å². The van der Waals surface area contributed by atoms with Crippen LogP contribution >= 0.6 is 15.9 Å². The molecule has 2 amide bonds. The minimum absolute atomic E-state index is 0.257. The molecular formula is C28H22BrN3O4. The molecule has 2 N–H and O–H groups in total. The summed E-state index contributed by atoms with van der Waals surface area (Å²) in [7, 11) is 0. The van der Waals surface area contributed by atoms with Gasteiger partial charge in [-0.05, 0) is 54.1 Å². The van der Waals surface area contributed by atoms with Gasteiger partial charge in [0.25, 0.3) is 11.8 Å². The minimum Gasteiger partial charge on any atom is -0.422 e. The molecule has 0 spiro atoms. The Balaban J connectivity index is 1.37. The summed E-state index contributed by atoms with van der Waals surface area (Å²) < 4.78 is 6.28. The maximum atomic E-state index is 12.6. The van der Waals surface area contributed by atoms with E-state index in [4.69, 9.17) is 4.74 Å². The zero-order chi connectivity index (χ0) is 25.5. The van der Waals surface area contributed by atoms with E-state index in [-0.39, 0.29) is 18.2 Å². The molecular weight excluding hydrogens is 522 g/mol. The second-order valence-corrected chi connectivity index (χ2v) is 8.86. The fourth-order valence-electron chi connectivity index (χ4n) is 3.54. The molecule has 0 aliphatic rings. The average Bonchev–Trinajstić information content (AvgIpc) is 2.88. The average molecular weight is 544 g/mol. The Bertz CT molecular complexity index is 1480. The van der Waals surface area contributed by atoms with Crippen LogP contribution in [0.5, 0.6) is 5.75 Å². The van der Waals surface area contributed by atoms with Crippen LogP contribution in [0.2, 0.25) is 0 Å². The van der Waals surface area contributed by atoms with Crippen LogP contribution in [0.3, 0.4) is 0 Å². The van der Waals surface area contributed by atoms with Crippen molar-refractivity contribution in [2.24, 2.45) is 5.10 Å². The number of hydrogen-bond donors (Lipinski definition) is 2. The molecule has 0 saturated heterocycles. The number of carbonyl (C=O) groups excluding carboxylic acids is 3. The highest BCUT2D eigenvalue weighted by molar-refractivity contribution is 9.10. The third kappa shape index (κ3) is 6.22. The molecule has 0 fully saturated rings. The highest BCUT2D eigenvalue weighted by Crippen LogP contribution is 2.23. The van der Waals surface area contributed by atoms with Crippen LogP contribution in [0.1, 0.15) is 31.8 Å². The van der Waals surface area contributed by atoms with E-state index < -0.39 is 11.9 Å². The molecule has 4 aromatic carbocycles. The first kappa shape index (κ1) is 24.8. The van der Waals surface area contributed by atoms with E-state index in [2.05, 4.69) is 31.8 Å². The Morgan fingerprint density at radius 3 is 2.56 bits per heavy atom. The van der Waals surface area contributed by atoms with Crippen molar-refractivity contribution in [3.8, 4) is 5.75 Å². The molecule has 0 aliphatic heterocycles. The van der Waals surface area contributed by atoms with E-state index in [1.807, 2.05) is 43.3 Å². The lowest BCUT2D eigenvalue weighted by Crippen LogP contribution is -2.35. The predicted octanol–water partition coefficient (Wildman–Crippen LogP) is 5.01. The number of carbonyl (C=O) groups is 3. The summed E-state index contributed by atoms with van der Waals surface area (Å²) in [5.41, 5.74) is 4.71. The van der Waals surface area contributed by atoms with Gasteiger partial charge in [-0.25, -0.2) is 10.2 Å². The number of nitrogens with one attached hydrogen (secondary N) is 2. The summed E-state index contributed by atoms with van der Waals surface area (Å²) in [6.07, 6.45) is 1.37. The van der Waals surface area contributed by atoms with E-state index in [0.29, 0.717) is 16.7 Å². The van der Waals surface area contributed by atoms with Gasteiger partial charge in [0.05, 0.1) is 18.3 Å². The van der Waals surface area contributed by atoms with Gasteiger partial charge in [0, 0.05) is 15.6 Å². The Labute approximate surface area is 216 Å². The third-order valence-corrected chi connectivity index (χ3v) is 5.76. The third-order valence-electron chi connectivity index (χ3n) is 5.26. The van der Waals surface area contributed by atoms with Crippen LogP contribution in [0.15, 0.2) is 94.5 Å². The fraction of sp³-hybridized carbons (Fsp3) is 0.0714. The van der Waals surface area contributed by atoms with E-state index in [9.17, 15) is 14.4 Å². The Kier molecular flexibility index (Phi) is 7.87. The van der Waals surface area contributed by atoms with Crippen molar-refractivity contribution in [1.82, 2.24) is 10.7 Å². The van der Waals surface area contributed by atoms with Crippen LogP contribution in [-0.4, -0.2) is 30.5 Å². The summed E-state index contributed by atoms with van der Waals surface area (Å²) in [4.78, 5) is 37.4. The van der Waals surface area contributed by atoms with Crippen molar-refractivity contribution < 1.29 is 19.1 Å². The molecule has 4 rings (SSSR count). The molecule has 0 aromatic heterocycles. The summed E-state index contributed by atoms with van der Waals surface area (Å²) in [6, 6.07) is 25.1. The van der Waals surface area contributed by atoms with Crippen molar-refractivity contribution in [3.63, 3.8) is 0 Å². The Morgan fingerprint density at radius 1 is 0.944 bits per heavy atom. The van der Waals surface area contributed by atoms with Crippen LogP contribution < -0.4 is 15.5 Å². The van der Waals surface area contributed by atoms with Crippen molar-refractivity contribution in [2.75, 3.05) is 6.54 Å². The smallest absolute Gasteiger partial charge is 0.343 e. The van der Waals surface area contributed by atoms with E-state index >= 15 is 0 Å². The second kappa shape index (κ2) is 11.4. The molecule has 0 atom stereocenters. The van der Waals surface area contributed by atoms with Gasteiger partial charge in [0.15, 0.2) is 0 Å². The van der Waals surface area contributed by atoms with Gasteiger partial charge in [0.1, 0.15) is 5.75 Å². The van der Waals surface area contributed by atoms with Gasteiger partial charge in [-0.3, -0.25) is 9.59 Å². The predicted molar refractivity (Wildman–Crippen MR) is 142 cm³/mol. The van der Waals surface area contributed by atoms with E-state index in [1.165, 1.54) is 6.21 Å². The van der Waals surface area contributed by atoms with E-state index in [1.54, 1.807) is 48.5 Å². The lowest BCUT2D eigenvalue weighted by atomic mass is 10.0. The minimum atomic E-state index is -0.506. The van der Waals surface area contributed by atoms with Crippen molar-refractivity contribution in [2.45, 2.75) is 6.92 Å². The Morgan fingerprint density at radius 2 is 1.72 bits per heavy atom. The largest absolute Gasteiger partial charge is 0.422 e. The summed E-state index contributed by atoms with van der Waals surface area (Å²) in [5, 5.41) is 8.30. The number of hydrogen-bond acceptors (Lipinski definition) is 5. The number of amides is 2. The first-order valence-electron chi connectivity index (χ1n) is 11.1. The molecule has 8 heteroatoms. The number of rotatable bonds is 7. The van der Waals surface area contributed by atoms with Gasteiger partial charge in [-0.15, -0.1) is 0 Å². The number of nitrogens with zero attached hydrogens (tertiary/aromatic N) is 1. The number of aryl methyl sites for hydroxylation is 1. The van der Waals surface area contributed by atoms with E-state index in [0.717, 1.165) is 20.8 Å². The molecule has 180 valence electrons. The zero-order valence-electron chi connectivity index (χ0n) is 19.3. The first-order chi connectivity index (χ1) is 17.4. The molecule has 0 radical (unpaired) electrons. The maximum absolute atomic E-state index is 12.6. The zero-order valence-corrected chi connectivity index (χ0v) is 20.9. The normalized spacial score (nSPS) is 10.8. The first-order valence-corrected chi connectivity index (χ1v) is 11.9. The quantitative estimate of drug-likeness (QED) is 0.148. The maximum Gasteiger partial charge on any atom is 0.343 e. The number of fused-ring (bicyclic) bond motifs is 1. The van der Waals surface area contributed by atoms with Crippen molar-refractivity contribution in [3.05, 3.63) is 112 Å². The second-order valence-electron chi connectivity index (χ2n) is 7.94. The summed E-state index contributed by atoms with van der Waals surface area (Å²) >= 11 is 3.38. The fourth-order valence-corrected chi connectivity index (χ4v) is 3.92. The van der Waals surface area contributed by atoms with Crippen LogP contribution in [-0.2, 0) is 4.79 Å². The highest BCUT2D eigenvalue weighted by atomic mass is 79.9. The number of esters is 1. The lowest BCUT2D eigenvalue weighted by Gasteiger charge is -2.09. The molecule has 36 heavy (non-hydrogen) atoms. The molecule has 7 nitrogen and oxygen atoms in total. The number of ether oxygens (including phenoxy) is 1. The topological polar surface area (TPSA) is 96.9 Å². The SMILES string of the molecule is Cc1cccc(C(=O)Oc2ccc(Br)cc2/C=N\NC(=O)CNC(=O)c2cccc3ccccc23)c1.